The highest BCUT2D eigenvalue weighted by Gasteiger charge is 2.44. The monoisotopic (exact) mass is 358 g/mol. The van der Waals surface area contributed by atoms with Gasteiger partial charge in [0.15, 0.2) is 17.4 Å². The Morgan fingerprint density at radius 2 is 1.85 bits per heavy atom. The quantitative estimate of drug-likeness (QED) is 0.561. The van der Waals surface area contributed by atoms with Gasteiger partial charge in [-0.1, -0.05) is 30.3 Å². The molecule has 9 heteroatoms. The maximum atomic E-state index is 12.7. The highest BCUT2D eigenvalue weighted by atomic mass is 16.6. The van der Waals surface area contributed by atoms with Gasteiger partial charge in [-0.3, -0.25) is 13.9 Å². The summed E-state index contributed by atoms with van der Waals surface area (Å²) >= 11 is 0. The van der Waals surface area contributed by atoms with Gasteiger partial charge in [-0.15, -0.1) is 0 Å². The maximum absolute atomic E-state index is 12.7. The Labute approximate surface area is 147 Å². The van der Waals surface area contributed by atoms with Gasteiger partial charge in [0.2, 0.25) is 0 Å². The molecule has 0 radical (unpaired) electrons. The first-order chi connectivity index (χ1) is 12.6. The van der Waals surface area contributed by atoms with E-state index in [0.29, 0.717) is 6.54 Å². The Kier molecular flexibility index (Phi) is 4.29. The predicted molar refractivity (Wildman–Crippen MR) is 90.3 cm³/mol. The van der Waals surface area contributed by atoms with Crippen LogP contribution in [0.15, 0.2) is 47.8 Å². The molecule has 1 unspecified atom stereocenters. The van der Waals surface area contributed by atoms with Crippen molar-refractivity contribution in [1.29, 1.82) is 0 Å². The number of nitrogens with zero attached hydrogens (tertiary/aromatic N) is 4. The van der Waals surface area contributed by atoms with E-state index in [1.165, 1.54) is 21.8 Å². The number of fused-ring (bicyclic) bond motifs is 1. The first kappa shape index (κ1) is 16.9. The molecule has 3 N–H and O–H groups in total. The zero-order valence-corrected chi connectivity index (χ0v) is 13.7. The summed E-state index contributed by atoms with van der Waals surface area (Å²) < 4.78 is 8.32. The molecule has 0 amide bonds. The minimum atomic E-state index is -1.27. The Hall–Kier alpha value is -2.59. The van der Waals surface area contributed by atoms with Gasteiger partial charge in [0.05, 0.1) is 19.5 Å². The van der Waals surface area contributed by atoms with Crippen LogP contribution in [0.25, 0.3) is 11.2 Å². The second kappa shape index (κ2) is 6.61. The molecule has 1 saturated heterocycles. The van der Waals surface area contributed by atoms with E-state index >= 15 is 0 Å². The molecular formula is C17H18N4O5. The molecule has 1 aliphatic heterocycles. The highest BCUT2D eigenvalue weighted by molar-refractivity contribution is 5.69. The van der Waals surface area contributed by atoms with E-state index in [1.54, 1.807) is 0 Å². The molecule has 9 nitrogen and oxygen atoms in total. The van der Waals surface area contributed by atoms with Crippen LogP contribution in [-0.4, -0.2) is 59.3 Å². The molecule has 1 fully saturated rings. The Bertz CT molecular complexity index is 970. The van der Waals surface area contributed by atoms with Crippen LogP contribution < -0.4 is 5.56 Å². The van der Waals surface area contributed by atoms with Gasteiger partial charge < -0.3 is 20.1 Å². The van der Waals surface area contributed by atoms with E-state index < -0.39 is 31.1 Å². The van der Waals surface area contributed by atoms with Crippen molar-refractivity contribution in [1.82, 2.24) is 19.1 Å². The van der Waals surface area contributed by atoms with Crippen molar-refractivity contribution >= 4 is 11.2 Å². The fourth-order valence-electron chi connectivity index (χ4n) is 3.13. The normalized spacial score (nSPS) is 25.8. The molecule has 0 bridgehead atoms. The molecule has 0 aliphatic carbocycles. The zero-order valence-electron chi connectivity index (χ0n) is 13.7. The number of imidazole rings is 1. The Morgan fingerprint density at radius 3 is 2.54 bits per heavy atom. The molecule has 1 aliphatic rings. The topological polar surface area (TPSA) is 123 Å². The fourth-order valence-corrected chi connectivity index (χ4v) is 3.13. The van der Waals surface area contributed by atoms with Gasteiger partial charge in [0.1, 0.15) is 24.6 Å². The largest absolute Gasteiger partial charge is 0.394 e. The SMILES string of the molecule is O=c1c2ncn(C3O[C@@H](CO)[C@H](O)[C@@H]3O)c2ncn1Cc1ccccc1. The molecule has 2 aromatic heterocycles. The average molecular weight is 358 g/mol. The van der Waals surface area contributed by atoms with Gasteiger partial charge in [-0.25, -0.2) is 9.97 Å². The van der Waals surface area contributed by atoms with Crippen molar-refractivity contribution in [2.24, 2.45) is 0 Å². The molecule has 0 saturated carbocycles. The van der Waals surface area contributed by atoms with Gasteiger partial charge in [0, 0.05) is 0 Å². The van der Waals surface area contributed by atoms with E-state index in [0.717, 1.165) is 5.56 Å². The van der Waals surface area contributed by atoms with E-state index in [-0.39, 0.29) is 16.7 Å². The van der Waals surface area contributed by atoms with E-state index in [4.69, 9.17) is 4.74 Å². The van der Waals surface area contributed by atoms with Crippen LogP contribution in [0.3, 0.4) is 0 Å². The minimum Gasteiger partial charge on any atom is -0.394 e. The lowest BCUT2D eigenvalue weighted by Crippen LogP contribution is -2.33. The van der Waals surface area contributed by atoms with Crippen molar-refractivity contribution in [3.8, 4) is 0 Å². The van der Waals surface area contributed by atoms with Crippen molar-refractivity contribution < 1.29 is 20.1 Å². The third-order valence-corrected chi connectivity index (χ3v) is 4.54. The summed E-state index contributed by atoms with van der Waals surface area (Å²) in [6.45, 7) is -0.0675. The lowest BCUT2D eigenvalue weighted by atomic mass is 10.1. The van der Waals surface area contributed by atoms with Gasteiger partial charge in [-0.2, -0.15) is 0 Å². The molecule has 26 heavy (non-hydrogen) atoms. The summed E-state index contributed by atoms with van der Waals surface area (Å²) in [6.07, 6.45) is -1.64. The van der Waals surface area contributed by atoms with Crippen LogP contribution in [0.2, 0.25) is 0 Å². The number of aromatic nitrogens is 4. The van der Waals surface area contributed by atoms with Crippen LogP contribution in [0.4, 0.5) is 0 Å². The Morgan fingerprint density at radius 1 is 1.08 bits per heavy atom. The number of hydrogen-bond donors (Lipinski definition) is 3. The van der Waals surface area contributed by atoms with Crippen LogP contribution in [0.1, 0.15) is 11.8 Å². The second-order valence-corrected chi connectivity index (χ2v) is 6.22. The van der Waals surface area contributed by atoms with Gasteiger partial charge >= 0.3 is 0 Å². The summed E-state index contributed by atoms with van der Waals surface area (Å²) in [4.78, 5) is 21.1. The predicted octanol–water partition coefficient (Wildman–Crippen LogP) is -0.747. The van der Waals surface area contributed by atoms with Crippen LogP contribution in [0, 0.1) is 0 Å². The van der Waals surface area contributed by atoms with Crippen LogP contribution in [-0.2, 0) is 11.3 Å². The van der Waals surface area contributed by atoms with Crippen molar-refractivity contribution in [2.45, 2.75) is 31.1 Å². The number of rotatable bonds is 4. The number of ether oxygens (including phenoxy) is 1. The van der Waals surface area contributed by atoms with Crippen molar-refractivity contribution in [3.63, 3.8) is 0 Å². The molecule has 3 aromatic rings. The molecule has 4 rings (SSSR count). The van der Waals surface area contributed by atoms with Gasteiger partial charge in [0.25, 0.3) is 5.56 Å². The number of aliphatic hydroxyl groups excluding tert-OH is 3. The lowest BCUT2D eigenvalue weighted by molar-refractivity contribution is -0.0511. The Balaban J connectivity index is 1.70. The first-order valence-electron chi connectivity index (χ1n) is 8.18. The molecule has 136 valence electrons. The summed E-state index contributed by atoms with van der Waals surface area (Å²) in [5.74, 6) is 0. The standard InChI is InChI=1S/C17H18N4O5/c22-7-11-13(23)14(24)17(26-11)21-9-18-12-15(21)19-8-20(16(12)25)6-10-4-2-1-3-5-10/h1-5,8-9,11,13-14,17,22-24H,6-7H2/t11-,13-,14-,17?/m0/s1. The van der Waals surface area contributed by atoms with E-state index in [1.807, 2.05) is 30.3 Å². The first-order valence-corrected chi connectivity index (χ1v) is 8.18. The third kappa shape index (κ3) is 2.71. The minimum absolute atomic E-state index is 0.140. The van der Waals surface area contributed by atoms with Crippen LogP contribution >= 0.6 is 0 Å². The van der Waals surface area contributed by atoms with Crippen LogP contribution in [0.5, 0.6) is 0 Å². The smallest absolute Gasteiger partial charge is 0.281 e. The zero-order chi connectivity index (χ0) is 18.3. The second-order valence-electron chi connectivity index (χ2n) is 6.22. The molecule has 0 spiro atoms. The summed E-state index contributed by atoms with van der Waals surface area (Å²) in [5, 5.41) is 29.3. The van der Waals surface area contributed by atoms with Crippen molar-refractivity contribution in [3.05, 3.63) is 58.9 Å². The van der Waals surface area contributed by atoms with Crippen molar-refractivity contribution in [2.75, 3.05) is 6.61 Å². The molecule has 3 heterocycles. The maximum Gasteiger partial charge on any atom is 0.281 e. The number of hydrogen-bond acceptors (Lipinski definition) is 7. The third-order valence-electron chi connectivity index (χ3n) is 4.54. The summed E-state index contributed by atoms with van der Waals surface area (Å²) in [6, 6.07) is 9.50. The molecule has 1 aromatic carbocycles. The van der Waals surface area contributed by atoms with E-state index in [2.05, 4.69) is 9.97 Å². The van der Waals surface area contributed by atoms with E-state index in [9.17, 15) is 20.1 Å². The molecular weight excluding hydrogens is 340 g/mol. The average Bonchev–Trinajstić information content (AvgIpc) is 3.20. The summed E-state index contributed by atoms with van der Waals surface area (Å²) in [7, 11) is 0. The fraction of sp³-hybridized carbons (Fsp3) is 0.353. The number of aliphatic hydroxyl groups is 3. The lowest BCUT2D eigenvalue weighted by Gasteiger charge is -2.16. The highest BCUT2D eigenvalue weighted by Crippen LogP contribution is 2.30. The number of benzene rings is 1. The molecule has 4 atom stereocenters. The summed E-state index contributed by atoms with van der Waals surface area (Å²) in [5.41, 5.74) is 1.03. The van der Waals surface area contributed by atoms with Gasteiger partial charge in [-0.05, 0) is 5.56 Å².